The molecule has 28 heavy (non-hydrogen) atoms. The highest BCUT2D eigenvalue weighted by Gasteiger charge is 2.09. The maximum absolute atomic E-state index is 12.1. The van der Waals surface area contributed by atoms with Crippen LogP contribution in [0.25, 0.3) is 0 Å². The Morgan fingerprint density at radius 2 is 1.68 bits per heavy atom. The topological polar surface area (TPSA) is 88.4 Å². The molecule has 0 spiro atoms. The van der Waals surface area contributed by atoms with Gasteiger partial charge in [0.25, 0.3) is 0 Å². The van der Waals surface area contributed by atoms with E-state index in [0.29, 0.717) is 41.4 Å². The van der Waals surface area contributed by atoms with Crippen LogP contribution in [0.1, 0.15) is 35.7 Å². The molecule has 0 radical (unpaired) electrons. The highest BCUT2D eigenvalue weighted by atomic mass is 16.5. The molecule has 0 heterocycles. The van der Waals surface area contributed by atoms with E-state index in [1.54, 1.807) is 55.5 Å². The minimum atomic E-state index is -0.482. The van der Waals surface area contributed by atoms with Crippen molar-refractivity contribution < 1.29 is 19.1 Å². The van der Waals surface area contributed by atoms with Crippen molar-refractivity contribution in [3.8, 4) is 17.6 Å². The number of nitrogens with one attached hydrogen (secondary N) is 1. The second-order valence-corrected chi connectivity index (χ2v) is 6.14. The normalized spacial score (nSPS) is 9.86. The molecule has 0 aliphatic heterocycles. The van der Waals surface area contributed by atoms with Gasteiger partial charge < -0.3 is 14.8 Å². The van der Waals surface area contributed by atoms with Gasteiger partial charge >= 0.3 is 5.97 Å². The fraction of sp³-hybridized carbons (Fsp3) is 0.227. The molecule has 1 N–H and O–H groups in total. The fourth-order valence-electron chi connectivity index (χ4n) is 2.22. The van der Waals surface area contributed by atoms with E-state index in [1.165, 1.54) is 0 Å². The number of amides is 1. The van der Waals surface area contributed by atoms with Gasteiger partial charge in [0.15, 0.2) is 0 Å². The van der Waals surface area contributed by atoms with E-state index in [2.05, 4.69) is 11.9 Å². The molecule has 2 rings (SSSR count). The number of rotatable bonds is 9. The first-order valence-corrected chi connectivity index (χ1v) is 8.88. The van der Waals surface area contributed by atoms with Crippen LogP contribution in [-0.4, -0.2) is 25.0 Å². The number of carbonyl (C=O) groups is 2. The summed E-state index contributed by atoms with van der Waals surface area (Å²) in [5.41, 5.74) is 1.40. The number of unbranched alkanes of at least 4 members (excludes halogenated alkanes) is 1. The number of nitriles is 1. The first kappa shape index (κ1) is 20.7. The van der Waals surface area contributed by atoms with Crippen LogP contribution in [-0.2, 0) is 4.79 Å². The van der Waals surface area contributed by atoms with Crippen LogP contribution in [0.15, 0.2) is 60.7 Å². The summed E-state index contributed by atoms with van der Waals surface area (Å²) in [4.78, 5) is 23.5. The van der Waals surface area contributed by atoms with Crippen LogP contribution in [0.2, 0.25) is 0 Å². The Labute approximate surface area is 164 Å². The van der Waals surface area contributed by atoms with Crippen LogP contribution in [0, 0.1) is 11.3 Å². The number of carbonyl (C=O) groups excluding carboxylic acids is 2. The molecule has 6 nitrogen and oxygen atoms in total. The van der Waals surface area contributed by atoms with Crippen molar-refractivity contribution in [3.63, 3.8) is 0 Å². The van der Waals surface area contributed by atoms with E-state index in [9.17, 15) is 9.59 Å². The van der Waals surface area contributed by atoms with Crippen molar-refractivity contribution in [2.45, 2.75) is 19.8 Å². The van der Waals surface area contributed by atoms with Gasteiger partial charge in [-0.1, -0.05) is 6.58 Å². The second kappa shape index (κ2) is 10.5. The standard InChI is InChI=1S/C22H22N2O4/c1-16(2)21(25)24-13-3-4-14-27-19-11-7-18(8-12-19)22(26)28-20-9-5-17(15-23)6-10-20/h5-12H,1,3-4,13-14H2,2H3,(H,24,25). The van der Waals surface area contributed by atoms with Crippen molar-refractivity contribution in [3.05, 3.63) is 71.8 Å². The number of esters is 1. The molecule has 0 bridgehead atoms. The number of hydrogen-bond acceptors (Lipinski definition) is 5. The van der Waals surface area contributed by atoms with Crippen LogP contribution in [0.3, 0.4) is 0 Å². The maximum atomic E-state index is 12.1. The molecule has 2 aromatic rings. The molecule has 0 aliphatic carbocycles. The molecule has 2 aromatic carbocycles. The predicted octanol–water partition coefficient (Wildman–Crippen LogP) is 3.63. The zero-order chi connectivity index (χ0) is 20.4. The minimum Gasteiger partial charge on any atom is -0.494 e. The van der Waals surface area contributed by atoms with Gasteiger partial charge in [-0.15, -0.1) is 0 Å². The largest absolute Gasteiger partial charge is 0.494 e. The molecule has 1 amide bonds. The Bertz CT molecular complexity index is 865. The smallest absolute Gasteiger partial charge is 0.343 e. The minimum absolute atomic E-state index is 0.135. The third-order valence-corrected chi connectivity index (χ3v) is 3.80. The van der Waals surface area contributed by atoms with Gasteiger partial charge in [-0.25, -0.2) is 4.79 Å². The van der Waals surface area contributed by atoms with Gasteiger partial charge in [-0.2, -0.15) is 5.26 Å². The van der Waals surface area contributed by atoms with Gasteiger partial charge in [0, 0.05) is 12.1 Å². The van der Waals surface area contributed by atoms with E-state index in [0.717, 1.165) is 12.8 Å². The molecule has 0 atom stereocenters. The van der Waals surface area contributed by atoms with Crippen LogP contribution >= 0.6 is 0 Å². The summed E-state index contributed by atoms with van der Waals surface area (Å²) >= 11 is 0. The quantitative estimate of drug-likeness (QED) is 0.312. The van der Waals surface area contributed by atoms with E-state index in [1.807, 2.05) is 6.07 Å². The molecule has 0 fully saturated rings. The number of ether oxygens (including phenoxy) is 2. The van der Waals surface area contributed by atoms with Crippen molar-refractivity contribution in [2.24, 2.45) is 0 Å². The number of hydrogen-bond donors (Lipinski definition) is 1. The molecule has 0 aromatic heterocycles. The summed E-state index contributed by atoms with van der Waals surface area (Å²) in [5.74, 6) is 0.415. The molecule has 0 saturated heterocycles. The van der Waals surface area contributed by atoms with Gasteiger partial charge in [0.1, 0.15) is 11.5 Å². The Kier molecular flexibility index (Phi) is 7.79. The highest BCUT2D eigenvalue weighted by Crippen LogP contribution is 2.16. The summed E-state index contributed by atoms with van der Waals surface area (Å²) in [6.45, 7) is 6.34. The van der Waals surface area contributed by atoms with Gasteiger partial charge in [-0.3, -0.25) is 4.79 Å². The van der Waals surface area contributed by atoms with Crippen LogP contribution in [0.5, 0.6) is 11.5 Å². The molecular formula is C22H22N2O4. The Balaban J connectivity index is 1.73. The van der Waals surface area contributed by atoms with Gasteiger partial charge in [0.05, 0.1) is 23.8 Å². The first-order chi connectivity index (χ1) is 13.5. The Morgan fingerprint density at radius 3 is 2.29 bits per heavy atom. The lowest BCUT2D eigenvalue weighted by atomic mass is 10.2. The molecule has 6 heteroatoms. The summed E-state index contributed by atoms with van der Waals surface area (Å²) < 4.78 is 10.9. The second-order valence-electron chi connectivity index (χ2n) is 6.14. The number of benzene rings is 2. The molecule has 144 valence electrons. The van der Waals surface area contributed by atoms with Crippen molar-refractivity contribution in [2.75, 3.05) is 13.2 Å². The van der Waals surface area contributed by atoms with Crippen molar-refractivity contribution in [1.29, 1.82) is 5.26 Å². The first-order valence-electron chi connectivity index (χ1n) is 8.88. The van der Waals surface area contributed by atoms with Gasteiger partial charge in [0.2, 0.25) is 5.91 Å². The summed E-state index contributed by atoms with van der Waals surface area (Å²) in [5, 5.41) is 11.5. The zero-order valence-electron chi connectivity index (χ0n) is 15.7. The third kappa shape index (κ3) is 6.61. The monoisotopic (exact) mass is 378 g/mol. The third-order valence-electron chi connectivity index (χ3n) is 3.80. The SMILES string of the molecule is C=C(C)C(=O)NCCCCOc1ccc(C(=O)Oc2ccc(C#N)cc2)cc1. The lowest BCUT2D eigenvalue weighted by molar-refractivity contribution is -0.117. The highest BCUT2D eigenvalue weighted by molar-refractivity contribution is 5.92. The van der Waals surface area contributed by atoms with E-state index >= 15 is 0 Å². The maximum Gasteiger partial charge on any atom is 0.343 e. The average molecular weight is 378 g/mol. The van der Waals surface area contributed by atoms with Crippen LogP contribution < -0.4 is 14.8 Å². The van der Waals surface area contributed by atoms with E-state index in [-0.39, 0.29) is 5.91 Å². The lowest BCUT2D eigenvalue weighted by Gasteiger charge is -2.08. The van der Waals surface area contributed by atoms with E-state index < -0.39 is 5.97 Å². The molecule has 0 saturated carbocycles. The van der Waals surface area contributed by atoms with Crippen molar-refractivity contribution in [1.82, 2.24) is 5.32 Å². The lowest BCUT2D eigenvalue weighted by Crippen LogP contribution is -2.24. The summed E-state index contributed by atoms with van der Waals surface area (Å²) in [6.07, 6.45) is 1.59. The summed E-state index contributed by atoms with van der Waals surface area (Å²) in [6, 6.07) is 15.0. The predicted molar refractivity (Wildman–Crippen MR) is 105 cm³/mol. The van der Waals surface area contributed by atoms with Crippen LogP contribution in [0.4, 0.5) is 0 Å². The Morgan fingerprint density at radius 1 is 1.04 bits per heavy atom. The van der Waals surface area contributed by atoms with Crippen molar-refractivity contribution >= 4 is 11.9 Å². The molecule has 0 unspecified atom stereocenters. The molecular weight excluding hydrogens is 356 g/mol. The fourth-order valence-corrected chi connectivity index (χ4v) is 2.22. The summed E-state index contributed by atoms with van der Waals surface area (Å²) in [7, 11) is 0. The molecule has 0 aliphatic rings. The average Bonchev–Trinajstić information content (AvgIpc) is 2.71. The Hall–Kier alpha value is -3.59. The van der Waals surface area contributed by atoms with E-state index in [4.69, 9.17) is 14.7 Å². The number of nitrogens with zero attached hydrogens (tertiary/aromatic N) is 1. The zero-order valence-corrected chi connectivity index (χ0v) is 15.7. The van der Waals surface area contributed by atoms with Gasteiger partial charge in [-0.05, 0) is 68.3 Å².